The Morgan fingerprint density at radius 3 is 2.33 bits per heavy atom. The number of hydrogen-bond donors (Lipinski definition) is 1. The third-order valence-corrected chi connectivity index (χ3v) is 3.84. The van der Waals surface area contributed by atoms with Gasteiger partial charge in [0.2, 0.25) is 0 Å². The molecule has 0 bridgehead atoms. The van der Waals surface area contributed by atoms with Crippen molar-refractivity contribution in [2.75, 3.05) is 6.54 Å². The Labute approximate surface area is 93.8 Å². The summed E-state index contributed by atoms with van der Waals surface area (Å²) >= 11 is 0. The van der Waals surface area contributed by atoms with Crippen LogP contribution in [0.1, 0.15) is 59.8 Å². The Bertz CT molecular complexity index is 219. The summed E-state index contributed by atoms with van der Waals surface area (Å²) in [6, 6.07) is 0. The molecule has 2 rings (SSSR count). The summed E-state index contributed by atoms with van der Waals surface area (Å²) in [6.07, 6.45) is 6.08. The molecule has 1 N–H and O–H groups in total. The monoisotopic (exact) mass is 211 g/mol. The standard InChI is InChI=1S/C13H25NO/c1-11(2)6-5-7-13(10-11)14-9-8-12(3,4)15-13/h14H,5-10H2,1-4H3. The van der Waals surface area contributed by atoms with Crippen molar-refractivity contribution >= 4 is 0 Å². The van der Waals surface area contributed by atoms with E-state index < -0.39 is 0 Å². The maximum atomic E-state index is 6.33. The van der Waals surface area contributed by atoms with Crippen LogP contribution in [0.2, 0.25) is 0 Å². The van der Waals surface area contributed by atoms with Crippen molar-refractivity contribution in [3.8, 4) is 0 Å². The molecule has 2 fully saturated rings. The van der Waals surface area contributed by atoms with Gasteiger partial charge < -0.3 is 4.74 Å². The molecule has 0 aromatic rings. The lowest BCUT2D eigenvalue weighted by Crippen LogP contribution is -2.60. The van der Waals surface area contributed by atoms with E-state index in [1.165, 1.54) is 19.3 Å². The van der Waals surface area contributed by atoms with E-state index in [1.807, 2.05) is 0 Å². The minimum atomic E-state index is -0.0243. The van der Waals surface area contributed by atoms with Crippen LogP contribution in [0.3, 0.4) is 0 Å². The lowest BCUT2D eigenvalue weighted by Gasteiger charge is -2.52. The van der Waals surface area contributed by atoms with Crippen molar-refractivity contribution in [1.82, 2.24) is 5.32 Å². The van der Waals surface area contributed by atoms with Crippen molar-refractivity contribution in [2.24, 2.45) is 5.41 Å². The zero-order valence-electron chi connectivity index (χ0n) is 10.7. The Kier molecular flexibility index (Phi) is 2.63. The maximum absolute atomic E-state index is 6.33. The van der Waals surface area contributed by atoms with Gasteiger partial charge in [0.25, 0.3) is 0 Å². The van der Waals surface area contributed by atoms with Crippen molar-refractivity contribution in [1.29, 1.82) is 0 Å². The van der Waals surface area contributed by atoms with Crippen LogP contribution < -0.4 is 5.32 Å². The first kappa shape index (κ1) is 11.4. The van der Waals surface area contributed by atoms with Crippen LogP contribution in [0.5, 0.6) is 0 Å². The predicted octanol–water partition coefficient (Wildman–Crippen LogP) is 3.07. The molecule has 0 aromatic heterocycles. The lowest BCUT2D eigenvalue weighted by molar-refractivity contribution is -0.212. The van der Waals surface area contributed by atoms with Crippen LogP contribution in [0.25, 0.3) is 0 Å². The zero-order valence-corrected chi connectivity index (χ0v) is 10.7. The van der Waals surface area contributed by atoms with Gasteiger partial charge in [-0.05, 0) is 51.4 Å². The van der Waals surface area contributed by atoms with Gasteiger partial charge in [0.05, 0.1) is 5.60 Å². The van der Waals surface area contributed by atoms with E-state index in [1.54, 1.807) is 0 Å². The van der Waals surface area contributed by atoms with E-state index in [-0.39, 0.29) is 11.3 Å². The van der Waals surface area contributed by atoms with Gasteiger partial charge in [-0.3, -0.25) is 5.32 Å². The maximum Gasteiger partial charge on any atom is 0.120 e. The molecule has 88 valence electrons. The molecule has 0 aromatic carbocycles. The summed E-state index contributed by atoms with van der Waals surface area (Å²) in [7, 11) is 0. The summed E-state index contributed by atoms with van der Waals surface area (Å²) in [5, 5.41) is 3.62. The van der Waals surface area contributed by atoms with E-state index in [2.05, 4.69) is 33.0 Å². The first-order valence-electron chi connectivity index (χ1n) is 6.28. The fourth-order valence-electron chi connectivity index (χ4n) is 3.25. The molecule has 0 amide bonds. The van der Waals surface area contributed by atoms with E-state index in [9.17, 15) is 0 Å². The van der Waals surface area contributed by atoms with E-state index >= 15 is 0 Å². The Morgan fingerprint density at radius 2 is 1.73 bits per heavy atom. The van der Waals surface area contributed by atoms with Gasteiger partial charge in [-0.15, -0.1) is 0 Å². The number of rotatable bonds is 0. The molecule has 2 aliphatic rings. The lowest BCUT2D eigenvalue weighted by atomic mass is 9.72. The second-order valence-corrected chi connectivity index (χ2v) is 6.73. The Morgan fingerprint density at radius 1 is 1.00 bits per heavy atom. The number of hydrogen-bond acceptors (Lipinski definition) is 2. The first-order valence-corrected chi connectivity index (χ1v) is 6.28. The number of nitrogens with one attached hydrogen (secondary N) is 1. The van der Waals surface area contributed by atoms with Crippen LogP contribution in [0, 0.1) is 5.41 Å². The topological polar surface area (TPSA) is 21.3 Å². The SMILES string of the molecule is CC1(C)CCCC2(C1)NCCC(C)(C)O2. The molecule has 0 radical (unpaired) electrons. The summed E-state index contributed by atoms with van der Waals surface area (Å²) in [4.78, 5) is 0. The highest BCUT2D eigenvalue weighted by Crippen LogP contribution is 2.44. The highest BCUT2D eigenvalue weighted by Gasteiger charge is 2.45. The largest absolute Gasteiger partial charge is 0.355 e. The van der Waals surface area contributed by atoms with Gasteiger partial charge in [0, 0.05) is 6.54 Å². The third-order valence-electron chi connectivity index (χ3n) is 3.84. The summed E-state index contributed by atoms with van der Waals surface area (Å²) in [5.74, 6) is 0. The minimum Gasteiger partial charge on any atom is -0.355 e. The molecule has 1 spiro atoms. The van der Waals surface area contributed by atoms with Crippen LogP contribution in [0.4, 0.5) is 0 Å². The fraction of sp³-hybridized carbons (Fsp3) is 1.00. The van der Waals surface area contributed by atoms with Gasteiger partial charge in [0.1, 0.15) is 5.72 Å². The van der Waals surface area contributed by atoms with Gasteiger partial charge in [-0.25, -0.2) is 0 Å². The van der Waals surface area contributed by atoms with Crippen molar-refractivity contribution < 1.29 is 4.74 Å². The van der Waals surface area contributed by atoms with Crippen LogP contribution in [-0.4, -0.2) is 17.9 Å². The molecule has 1 aliphatic heterocycles. The number of ether oxygens (including phenoxy) is 1. The second-order valence-electron chi connectivity index (χ2n) is 6.73. The highest BCUT2D eigenvalue weighted by molar-refractivity contribution is 4.95. The third kappa shape index (κ3) is 2.54. The molecular weight excluding hydrogens is 186 g/mol. The molecule has 15 heavy (non-hydrogen) atoms. The summed E-state index contributed by atoms with van der Waals surface area (Å²) in [5.41, 5.74) is 0.459. The highest BCUT2D eigenvalue weighted by atomic mass is 16.5. The summed E-state index contributed by atoms with van der Waals surface area (Å²) in [6.45, 7) is 10.3. The zero-order chi connectivity index (χ0) is 11.2. The van der Waals surface area contributed by atoms with E-state index in [4.69, 9.17) is 4.74 Å². The van der Waals surface area contributed by atoms with Gasteiger partial charge in [-0.1, -0.05) is 13.8 Å². The molecular formula is C13H25NO. The normalized spacial score (nSPS) is 39.2. The van der Waals surface area contributed by atoms with Crippen molar-refractivity contribution in [3.63, 3.8) is 0 Å². The molecule has 1 unspecified atom stereocenters. The fourth-order valence-corrected chi connectivity index (χ4v) is 3.25. The smallest absolute Gasteiger partial charge is 0.120 e. The van der Waals surface area contributed by atoms with Gasteiger partial charge in [-0.2, -0.15) is 0 Å². The van der Waals surface area contributed by atoms with Crippen molar-refractivity contribution in [3.05, 3.63) is 0 Å². The summed E-state index contributed by atoms with van der Waals surface area (Å²) < 4.78 is 6.33. The quantitative estimate of drug-likeness (QED) is 0.665. The molecule has 1 aliphatic carbocycles. The molecule has 2 heteroatoms. The average Bonchev–Trinajstić information content (AvgIpc) is 1.98. The van der Waals surface area contributed by atoms with Crippen LogP contribution in [-0.2, 0) is 4.74 Å². The predicted molar refractivity (Wildman–Crippen MR) is 62.8 cm³/mol. The van der Waals surface area contributed by atoms with Crippen LogP contribution in [0.15, 0.2) is 0 Å². The molecule has 1 heterocycles. The Hall–Kier alpha value is -0.0800. The minimum absolute atomic E-state index is 0.0243. The second kappa shape index (κ2) is 3.46. The van der Waals surface area contributed by atoms with Gasteiger partial charge in [0.15, 0.2) is 0 Å². The average molecular weight is 211 g/mol. The van der Waals surface area contributed by atoms with Crippen LogP contribution >= 0.6 is 0 Å². The molecule has 1 saturated carbocycles. The van der Waals surface area contributed by atoms with E-state index in [0.29, 0.717) is 5.41 Å². The van der Waals surface area contributed by atoms with Crippen molar-refractivity contribution in [2.45, 2.75) is 71.1 Å². The molecule has 1 atom stereocenters. The van der Waals surface area contributed by atoms with Gasteiger partial charge >= 0.3 is 0 Å². The molecule has 1 saturated heterocycles. The first-order chi connectivity index (χ1) is 6.83. The van der Waals surface area contributed by atoms with E-state index in [0.717, 1.165) is 19.4 Å². The molecule has 2 nitrogen and oxygen atoms in total. The Balaban J connectivity index is 2.12.